The molecule has 1 rings (SSSR count). The standard InChI is InChI=1S/C12H14N2O4S/c1-3-13-8-11(12(15)18-2)19-10-6-4-5-9(7-10)14(16)17/h4-8,11H,3H2,1-2H3. The fourth-order valence-electron chi connectivity index (χ4n) is 1.27. The van der Waals surface area contributed by atoms with Gasteiger partial charge in [-0.3, -0.25) is 19.9 Å². The normalized spacial score (nSPS) is 12.3. The molecule has 0 aliphatic carbocycles. The lowest BCUT2D eigenvalue weighted by atomic mass is 10.3. The summed E-state index contributed by atoms with van der Waals surface area (Å²) < 4.78 is 4.67. The van der Waals surface area contributed by atoms with Crippen molar-refractivity contribution in [2.24, 2.45) is 4.99 Å². The Hall–Kier alpha value is -1.89. The van der Waals surface area contributed by atoms with Gasteiger partial charge in [-0.25, -0.2) is 0 Å². The van der Waals surface area contributed by atoms with E-state index in [-0.39, 0.29) is 5.69 Å². The van der Waals surface area contributed by atoms with E-state index in [0.29, 0.717) is 11.4 Å². The number of nitrogens with zero attached hydrogens (tertiary/aromatic N) is 2. The van der Waals surface area contributed by atoms with E-state index in [9.17, 15) is 14.9 Å². The first-order valence-electron chi connectivity index (χ1n) is 5.57. The second kappa shape index (κ2) is 7.52. The first kappa shape index (κ1) is 15.2. The Labute approximate surface area is 115 Å². The molecule has 102 valence electrons. The Kier molecular flexibility index (Phi) is 6.01. The molecule has 0 heterocycles. The van der Waals surface area contributed by atoms with Crippen LogP contribution >= 0.6 is 11.8 Å². The van der Waals surface area contributed by atoms with Crippen LogP contribution in [-0.4, -0.2) is 36.0 Å². The van der Waals surface area contributed by atoms with Crippen LogP contribution in [-0.2, 0) is 9.53 Å². The Bertz CT molecular complexity index is 490. The van der Waals surface area contributed by atoms with Crippen molar-refractivity contribution in [3.05, 3.63) is 34.4 Å². The molecule has 0 fully saturated rings. The van der Waals surface area contributed by atoms with Crippen LogP contribution in [0.2, 0.25) is 0 Å². The fraction of sp³-hybridized carbons (Fsp3) is 0.333. The molecule has 0 N–H and O–H groups in total. The van der Waals surface area contributed by atoms with Crippen molar-refractivity contribution < 1.29 is 14.5 Å². The number of ether oxygens (including phenoxy) is 1. The monoisotopic (exact) mass is 282 g/mol. The summed E-state index contributed by atoms with van der Waals surface area (Å²) >= 11 is 1.16. The Morgan fingerprint density at radius 3 is 2.95 bits per heavy atom. The van der Waals surface area contributed by atoms with Gasteiger partial charge in [0.2, 0.25) is 0 Å². The van der Waals surface area contributed by atoms with Crippen LogP contribution in [0.3, 0.4) is 0 Å². The van der Waals surface area contributed by atoms with Crippen LogP contribution in [0.1, 0.15) is 6.92 Å². The largest absolute Gasteiger partial charge is 0.468 e. The molecule has 1 aromatic rings. The van der Waals surface area contributed by atoms with Gasteiger partial charge in [0.1, 0.15) is 5.25 Å². The van der Waals surface area contributed by atoms with Gasteiger partial charge in [0.25, 0.3) is 5.69 Å². The number of hydrogen-bond donors (Lipinski definition) is 0. The zero-order valence-corrected chi connectivity index (χ0v) is 11.4. The minimum absolute atomic E-state index is 0.0129. The van der Waals surface area contributed by atoms with Gasteiger partial charge in [0, 0.05) is 29.8 Å². The van der Waals surface area contributed by atoms with Crippen molar-refractivity contribution in [3.63, 3.8) is 0 Å². The van der Waals surface area contributed by atoms with Gasteiger partial charge in [-0.1, -0.05) is 6.07 Å². The van der Waals surface area contributed by atoms with Gasteiger partial charge >= 0.3 is 5.97 Å². The highest BCUT2D eigenvalue weighted by atomic mass is 32.2. The van der Waals surface area contributed by atoms with E-state index < -0.39 is 16.1 Å². The molecule has 0 spiro atoms. The number of methoxy groups -OCH3 is 1. The number of aliphatic imine (C=N–C) groups is 1. The van der Waals surface area contributed by atoms with Gasteiger partial charge in [-0.05, 0) is 13.0 Å². The third-order valence-corrected chi connectivity index (χ3v) is 3.24. The van der Waals surface area contributed by atoms with Crippen LogP contribution in [0.5, 0.6) is 0 Å². The predicted octanol–water partition coefficient (Wildman–Crippen LogP) is 2.32. The van der Waals surface area contributed by atoms with E-state index >= 15 is 0 Å². The van der Waals surface area contributed by atoms with E-state index in [0.717, 1.165) is 11.8 Å². The van der Waals surface area contributed by atoms with Crippen LogP contribution in [0.25, 0.3) is 0 Å². The first-order valence-corrected chi connectivity index (χ1v) is 6.45. The zero-order valence-electron chi connectivity index (χ0n) is 10.6. The Balaban J connectivity index is 2.89. The number of hydrogen-bond acceptors (Lipinski definition) is 6. The van der Waals surface area contributed by atoms with Gasteiger partial charge < -0.3 is 4.74 Å². The second-order valence-electron chi connectivity index (χ2n) is 3.46. The molecule has 6 nitrogen and oxygen atoms in total. The van der Waals surface area contributed by atoms with E-state index in [4.69, 9.17) is 0 Å². The summed E-state index contributed by atoms with van der Waals surface area (Å²) in [7, 11) is 1.29. The van der Waals surface area contributed by atoms with Crippen LogP contribution in [0.15, 0.2) is 34.2 Å². The summed E-state index contributed by atoms with van der Waals surface area (Å²) in [4.78, 5) is 26.4. The molecule has 0 aliphatic rings. The minimum atomic E-state index is -0.605. The molecule has 0 bridgehead atoms. The van der Waals surface area contributed by atoms with Crippen LogP contribution in [0.4, 0.5) is 5.69 Å². The summed E-state index contributed by atoms with van der Waals surface area (Å²) in [5, 5.41) is 10.1. The smallest absolute Gasteiger partial charge is 0.324 e. The van der Waals surface area contributed by atoms with Crippen LogP contribution < -0.4 is 0 Å². The van der Waals surface area contributed by atoms with Crippen molar-refractivity contribution in [1.29, 1.82) is 0 Å². The highest BCUT2D eigenvalue weighted by Gasteiger charge is 2.19. The van der Waals surface area contributed by atoms with Crippen molar-refractivity contribution in [3.8, 4) is 0 Å². The predicted molar refractivity (Wildman–Crippen MR) is 73.8 cm³/mol. The molecule has 0 saturated carbocycles. The molecule has 0 saturated heterocycles. The topological polar surface area (TPSA) is 81.8 Å². The van der Waals surface area contributed by atoms with Crippen LogP contribution in [0, 0.1) is 10.1 Å². The minimum Gasteiger partial charge on any atom is -0.468 e. The Morgan fingerprint density at radius 1 is 1.63 bits per heavy atom. The summed E-state index contributed by atoms with van der Waals surface area (Å²) in [6, 6.07) is 6.09. The third-order valence-electron chi connectivity index (χ3n) is 2.15. The number of esters is 1. The van der Waals surface area contributed by atoms with Crippen molar-refractivity contribution in [2.45, 2.75) is 17.1 Å². The maximum absolute atomic E-state index is 11.6. The lowest BCUT2D eigenvalue weighted by molar-refractivity contribution is -0.385. The van der Waals surface area contributed by atoms with E-state index in [1.165, 1.54) is 25.5 Å². The maximum atomic E-state index is 11.6. The molecular formula is C12H14N2O4S. The molecule has 1 atom stereocenters. The number of rotatable bonds is 6. The highest BCUT2D eigenvalue weighted by Crippen LogP contribution is 2.26. The van der Waals surface area contributed by atoms with Crippen molar-refractivity contribution >= 4 is 29.6 Å². The molecule has 1 unspecified atom stereocenters. The number of carbonyl (C=O) groups is 1. The quantitative estimate of drug-likeness (QED) is 0.263. The molecule has 7 heteroatoms. The molecule has 0 aromatic heterocycles. The fourth-order valence-corrected chi connectivity index (χ4v) is 2.25. The van der Waals surface area contributed by atoms with Gasteiger partial charge in [-0.2, -0.15) is 0 Å². The van der Waals surface area contributed by atoms with E-state index in [2.05, 4.69) is 9.73 Å². The first-order chi connectivity index (χ1) is 9.08. The SMILES string of the molecule is CCN=CC(Sc1cccc([N+](=O)[O-])c1)C(=O)OC. The average Bonchev–Trinajstić information content (AvgIpc) is 2.42. The molecule has 0 aliphatic heterocycles. The average molecular weight is 282 g/mol. The number of nitro groups is 1. The number of carbonyl (C=O) groups excluding carboxylic acids is 1. The molecule has 0 amide bonds. The molecule has 1 aromatic carbocycles. The summed E-state index contributed by atoms with van der Waals surface area (Å²) in [5.74, 6) is -0.436. The molecule has 19 heavy (non-hydrogen) atoms. The zero-order chi connectivity index (χ0) is 14.3. The lowest BCUT2D eigenvalue weighted by Crippen LogP contribution is -2.20. The molecule has 0 radical (unpaired) electrons. The van der Waals surface area contributed by atoms with E-state index in [1.807, 2.05) is 6.92 Å². The number of benzene rings is 1. The number of thioether (sulfide) groups is 1. The van der Waals surface area contributed by atoms with E-state index in [1.54, 1.807) is 12.1 Å². The molecular weight excluding hydrogens is 268 g/mol. The summed E-state index contributed by atoms with van der Waals surface area (Å²) in [5.41, 5.74) is -0.0129. The van der Waals surface area contributed by atoms with Gasteiger partial charge in [0.05, 0.1) is 12.0 Å². The van der Waals surface area contributed by atoms with Crippen molar-refractivity contribution in [2.75, 3.05) is 13.7 Å². The highest BCUT2D eigenvalue weighted by molar-refractivity contribution is 8.01. The van der Waals surface area contributed by atoms with Crippen molar-refractivity contribution in [1.82, 2.24) is 0 Å². The number of nitro benzene ring substituents is 1. The van der Waals surface area contributed by atoms with Gasteiger partial charge in [-0.15, -0.1) is 11.8 Å². The van der Waals surface area contributed by atoms with Gasteiger partial charge in [0.15, 0.2) is 0 Å². The second-order valence-corrected chi connectivity index (χ2v) is 4.68. The summed E-state index contributed by atoms with van der Waals surface area (Å²) in [6.07, 6.45) is 1.50. The maximum Gasteiger partial charge on any atom is 0.324 e. The lowest BCUT2D eigenvalue weighted by Gasteiger charge is -2.09. The Morgan fingerprint density at radius 2 is 2.37 bits per heavy atom. The summed E-state index contributed by atoms with van der Waals surface area (Å²) in [6.45, 7) is 2.41. The number of non-ortho nitro benzene ring substituents is 1. The third kappa shape index (κ3) is 4.70.